The minimum Gasteiger partial charge on any atom is -0.299 e. The van der Waals surface area contributed by atoms with Crippen molar-refractivity contribution in [2.75, 3.05) is 19.6 Å². The van der Waals surface area contributed by atoms with Crippen molar-refractivity contribution < 1.29 is 9.18 Å². The van der Waals surface area contributed by atoms with Crippen LogP contribution in [0.5, 0.6) is 0 Å². The summed E-state index contributed by atoms with van der Waals surface area (Å²) < 4.78 is 14.9. The van der Waals surface area contributed by atoms with Gasteiger partial charge in [-0.05, 0) is 22.6 Å². The molecule has 15 heavy (non-hydrogen) atoms. The predicted molar refractivity (Wildman–Crippen MR) is 74.8 cm³/mol. The first kappa shape index (κ1) is 13.6. The normalized spacial score (nSPS) is 21.8. The molecular weight excluding hydrogens is 425 g/mol. The number of rotatable bonds is 3. The summed E-state index contributed by atoms with van der Waals surface area (Å²) in [6, 6.07) is 0. The molecule has 0 bridgehead atoms. The zero-order chi connectivity index (χ0) is 11.3. The third-order valence-electron chi connectivity index (χ3n) is 2.31. The number of carbonyl (C=O) groups is 1. The van der Waals surface area contributed by atoms with E-state index in [2.05, 4.69) is 8.43 Å². The van der Waals surface area contributed by atoms with Crippen LogP contribution in [-0.2, 0) is 4.79 Å². The topological polar surface area (TPSA) is 32.3 Å². The van der Waals surface area contributed by atoms with Crippen molar-refractivity contribution >= 4 is 51.4 Å². The van der Waals surface area contributed by atoms with Crippen LogP contribution in [0.1, 0.15) is 12.8 Å². The summed E-state index contributed by atoms with van der Waals surface area (Å²) in [6.45, 7) is 2.24. The molecule has 1 amide bonds. The van der Waals surface area contributed by atoms with Gasteiger partial charge in [0.05, 0.1) is 22.9 Å². The van der Waals surface area contributed by atoms with Gasteiger partial charge in [-0.2, -0.15) is 0 Å². The van der Waals surface area contributed by atoms with Crippen molar-refractivity contribution in [2.24, 2.45) is 0 Å². The van der Waals surface area contributed by atoms with Crippen LogP contribution in [-0.4, -0.2) is 34.1 Å². The third kappa shape index (κ3) is 5.43. The lowest BCUT2D eigenvalue weighted by Gasteiger charge is -2.32. The number of alkyl halides is 2. The van der Waals surface area contributed by atoms with Crippen LogP contribution in [0.2, 0.25) is 0 Å². The van der Waals surface area contributed by atoms with Crippen LogP contribution in [0.3, 0.4) is 0 Å². The molecule has 0 saturated carbocycles. The molecule has 1 aliphatic heterocycles. The molecule has 0 aromatic carbocycles. The molecule has 0 aromatic heterocycles. The first-order valence-electron chi connectivity index (χ1n) is 4.71. The van der Waals surface area contributed by atoms with Gasteiger partial charge < -0.3 is 0 Å². The van der Waals surface area contributed by atoms with E-state index in [1.807, 2.05) is 28.7 Å². The summed E-state index contributed by atoms with van der Waals surface area (Å²) in [7, 11) is 0. The Hall–Kier alpha value is 0.560. The van der Waals surface area contributed by atoms with Crippen molar-refractivity contribution in [1.82, 2.24) is 8.43 Å². The van der Waals surface area contributed by atoms with Crippen molar-refractivity contribution in [2.45, 2.75) is 16.5 Å². The van der Waals surface area contributed by atoms with Gasteiger partial charge in [-0.15, -0.1) is 0 Å². The van der Waals surface area contributed by atoms with Gasteiger partial charge >= 0.3 is 0 Å². The Bertz CT molecular complexity index is 248. The highest BCUT2D eigenvalue weighted by atomic mass is 127. The van der Waals surface area contributed by atoms with E-state index >= 15 is 0 Å². The average molecular weight is 438 g/mol. The Balaban J connectivity index is 2.25. The highest BCUT2D eigenvalue weighted by Gasteiger charge is 2.30. The maximum atomic E-state index is 13.4. The van der Waals surface area contributed by atoms with E-state index in [1.54, 1.807) is 22.9 Å². The van der Waals surface area contributed by atoms with E-state index in [0.29, 0.717) is 12.8 Å². The Morgan fingerprint density at radius 1 is 1.53 bits per heavy atom. The summed E-state index contributed by atoms with van der Waals surface area (Å²) in [4.78, 5) is 13.0. The monoisotopic (exact) mass is 438 g/mol. The predicted octanol–water partition coefficient (Wildman–Crippen LogP) is 2.21. The van der Waals surface area contributed by atoms with Gasteiger partial charge in [-0.25, -0.2) is 4.39 Å². The molecule has 0 unspecified atom stereocenters. The number of nitrogens with one attached hydrogen (secondary N) is 1. The zero-order valence-corrected chi connectivity index (χ0v) is 12.5. The number of hydrogen-bond acceptors (Lipinski definition) is 2. The summed E-state index contributed by atoms with van der Waals surface area (Å²) in [5.74, 6) is -0.110. The second-order valence-electron chi connectivity index (χ2n) is 3.52. The number of carbonyl (C=O) groups excluding carboxylic acids is 1. The first-order valence-corrected chi connectivity index (χ1v) is 6.86. The molecule has 0 atom stereocenters. The molecule has 1 rings (SSSR count). The minimum atomic E-state index is -1.03. The van der Waals surface area contributed by atoms with Gasteiger partial charge in [0.15, 0.2) is 3.68 Å². The molecule has 1 heterocycles. The second-order valence-corrected chi connectivity index (χ2v) is 5.99. The van der Waals surface area contributed by atoms with Crippen LogP contribution in [0.15, 0.2) is 12.2 Å². The van der Waals surface area contributed by atoms with Gasteiger partial charge in [-0.1, -0.05) is 6.08 Å². The van der Waals surface area contributed by atoms with Crippen molar-refractivity contribution in [3.63, 3.8) is 0 Å². The van der Waals surface area contributed by atoms with E-state index in [4.69, 9.17) is 0 Å². The molecule has 1 saturated heterocycles. The molecule has 0 aromatic rings. The number of amides is 1. The molecule has 86 valence electrons. The molecule has 1 aliphatic rings. The Kier molecular flexibility index (Phi) is 5.75. The van der Waals surface area contributed by atoms with E-state index in [-0.39, 0.29) is 5.91 Å². The Labute approximate surface area is 116 Å². The highest BCUT2D eigenvalue weighted by molar-refractivity contribution is 14.1. The van der Waals surface area contributed by atoms with Gasteiger partial charge in [-0.3, -0.25) is 13.2 Å². The number of nitrogens with zero attached hydrogens (tertiary/aromatic N) is 1. The van der Waals surface area contributed by atoms with Crippen LogP contribution in [0.4, 0.5) is 4.39 Å². The first-order chi connectivity index (χ1) is 7.03. The van der Waals surface area contributed by atoms with E-state index in [0.717, 1.165) is 19.6 Å². The molecular formula is C9H13FI2N2O. The van der Waals surface area contributed by atoms with E-state index < -0.39 is 3.68 Å². The second kappa shape index (κ2) is 6.33. The number of hydrogen-bond donors (Lipinski definition) is 1. The maximum Gasteiger partial charge on any atom is 0.252 e. The van der Waals surface area contributed by atoms with Crippen molar-refractivity contribution in [3.8, 4) is 0 Å². The summed E-state index contributed by atoms with van der Waals surface area (Å²) in [5.41, 5.74) is 0. The fourth-order valence-corrected chi connectivity index (χ4v) is 2.07. The van der Waals surface area contributed by atoms with Crippen LogP contribution in [0.25, 0.3) is 0 Å². The molecule has 0 aliphatic carbocycles. The van der Waals surface area contributed by atoms with Crippen molar-refractivity contribution in [1.29, 1.82) is 0 Å². The number of halogens is 3. The smallest absolute Gasteiger partial charge is 0.252 e. The van der Waals surface area contributed by atoms with Gasteiger partial charge in [0.1, 0.15) is 0 Å². The van der Waals surface area contributed by atoms with Crippen LogP contribution >= 0.6 is 45.5 Å². The lowest BCUT2D eigenvalue weighted by Crippen LogP contribution is -2.38. The summed E-state index contributed by atoms with van der Waals surface area (Å²) in [6.07, 6.45) is 4.46. The van der Waals surface area contributed by atoms with Crippen molar-refractivity contribution in [3.05, 3.63) is 12.2 Å². The van der Waals surface area contributed by atoms with E-state index in [9.17, 15) is 9.18 Å². The van der Waals surface area contributed by atoms with Gasteiger partial charge in [0, 0.05) is 38.6 Å². The Morgan fingerprint density at radius 2 is 2.13 bits per heavy atom. The van der Waals surface area contributed by atoms with Crippen LogP contribution in [0, 0.1) is 0 Å². The molecule has 0 spiro atoms. The largest absolute Gasteiger partial charge is 0.299 e. The molecule has 0 radical (unpaired) electrons. The number of likely N-dealkylation sites (tertiary alicyclic amines) is 1. The minimum absolute atomic E-state index is 0.110. The standard InChI is InChI=1S/C9H13FI2N2O/c10-9(11)3-6-14(7-4-9)5-1-2-8(15)13-12/h1-2H,3-7H2,(H,13,15)/b2-1+. The van der Waals surface area contributed by atoms with E-state index in [1.165, 1.54) is 6.08 Å². The third-order valence-corrected chi connectivity index (χ3v) is 3.92. The zero-order valence-electron chi connectivity index (χ0n) is 8.18. The molecule has 3 nitrogen and oxygen atoms in total. The molecule has 1 fully saturated rings. The average Bonchev–Trinajstić information content (AvgIpc) is 2.20. The molecule has 6 heteroatoms. The SMILES string of the molecule is O=C(/C=C/CN1CCC(F)(I)CC1)NI. The fourth-order valence-electron chi connectivity index (χ4n) is 1.40. The highest BCUT2D eigenvalue weighted by Crippen LogP contribution is 2.32. The van der Waals surface area contributed by atoms with Gasteiger partial charge in [0.2, 0.25) is 0 Å². The lowest BCUT2D eigenvalue weighted by molar-refractivity contribution is -0.114. The lowest BCUT2D eigenvalue weighted by atomic mass is 10.1. The van der Waals surface area contributed by atoms with Crippen LogP contribution < -0.4 is 3.53 Å². The fraction of sp³-hybridized carbons (Fsp3) is 0.667. The van der Waals surface area contributed by atoms with Gasteiger partial charge in [0.25, 0.3) is 5.91 Å². The number of piperidine rings is 1. The summed E-state index contributed by atoms with van der Waals surface area (Å²) >= 11 is 3.68. The summed E-state index contributed by atoms with van der Waals surface area (Å²) in [5, 5.41) is 0. The molecule has 1 N–H and O–H groups in total. The Morgan fingerprint density at radius 3 is 2.67 bits per heavy atom. The maximum absolute atomic E-state index is 13.4. The quantitative estimate of drug-likeness (QED) is 0.318.